The molecule has 1 amide bonds. The fraction of sp³-hybridized carbons (Fsp3) is 0.105. The normalized spacial score (nSPS) is 11.4. The van der Waals surface area contributed by atoms with E-state index in [9.17, 15) is 4.79 Å². The third-order valence-electron chi connectivity index (χ3n) is 3.78. The first-order chi connectivity index (χ1) is 12.2. The zero-order chi connectivity index (χ0) is 17.6. The quantitative estimate of drug-likeness (QED) is 0.794. The predicted molar refractivity (Wildman–Crippen MR) is 92.3 cm³/mol. The fourth-order valence-electron chi connectivity index (χ4n) is 2.36. The molecule has 0 aliphatic carbocycles. The molecule has 3 aromatic rings. The zero-order valence-electron chi connectivity index (χ0n) is 13.5. The van der Waals surface area contributed by atoms with Gasteiger partial charge in [-0.1, -0.05) is 24.3 Å². The van der Waals surface area contributed by atoms with Gasteiger partial charge in [-0.25, -0.2) is 15.0 Å². The molecule has 25 heavy (non-hydrogen) atoms. The van der Waals surface area contributed by atoms with Crippen LogP contribution in [0.3, 0.4) is 0 Å². The number of hydrogen-bond donors (Lipinski definition) is 1. The van der Waals surface area contributed by atoms with Crippen LogP contribution in [0.5, 0.6) is 0 Å². The van der Waals surface area contributed by atoms with E-state index < -0.39 is 0 Å². The van der Waals surface area contributed by atoms with E-state index in [1.54, 1.807) is 24.5 Å². The van der Waals surface area contributed by atoms with Crippen molar-refractivity contribution in [2.24, 2.45) is 0 Å². The SMILES string of the molecule is CC(NC(=O)c1ccc(C#N)cn1)c1ccc(-c2cncnc2)cc1. The topological polar surface area (TPSA) is 91.6 Å². The second kappa shape index (κ2) is 7.32. The van der Waals surface area contributed by atoms with Crippen molar-refractivity contribution in [2.45, 2.75) is 13.0 Å². The predicted octanol–water partition coefficient (Wildman–Crippen LogP) is 2.90. The summed E-state index contributed by atoms with van der Waals surface area (Å²) in [5, 5.41) is 11.7. The van der Waals surface area contributed by atoms with E-state index in [1.807, 2.05) is 37.3 Å². The summed E-state index contributed by atoms with van der Waals surface area (Å²) in [6, 6.07) is 12.8. The Bertz CT molecular complexity index is 899. The molecule has 2 heterocycles. The summed E-state index contributed by atoms with van der Waals surface area (Å²) in [6.45, 7) is 1.90. The van der Waals surface area contributed by atoms with Crippen molar-refractivity contribution in [3.8, 4) is 17.2 Å². The second-order valence-corrected chi connectivity index (χ2v) is 5.49. The van der Waals surface area contributed by atoms with E-state index in [0.717, 1.165) is 16.7 Å². The first kappa shape index (κ1) is 16.3. The number of nitrogens with one attached hydrogen (secondary N) is 1. The Balaban J connectivity index is 1.69. The highest BCUT2D eigenvalue weighted by Gasteiger charge is 2.12. The van der Waals surface area contributed by atoms with Crippen LogP contribution in [0.15, 0.2) is 61.3 Å². The second-order valence-electron chi connectivity index (χ2n) is 5.49. The van der Waals surface area contributed by atoms with Gasteiger partial charge in [0.15, 0.2) is 0 Å². The first-order valence-corrected chi connectivity index (χ1v) is 7.70. The van der Waals surface area contributed by atoms with Crippen molar-refractivity contribution in [2.75, 3.05) is 0 Å². The Morgan fingerprint density at radius 1 is 1.04 bits per heavy atom. The van der Waals surface area contributed by atoms with E-state index in [0.29, 0.717) is 5.56 Å². The Morgan fingerprint density at radius 2 is 1.76 bits per heavy atom. The van der Waals surface area contributed by atoms with Gasteiger partial charge in [-0.15, -0.1) is 0 Å². The van der Waals surface area contributed by atoms with Crippen molar-refractivity contribution in [3.63, 3.8) is 0 Å². The van der Waals surface area contributed by atoms with Crippen LogP contribution in [0, 0.1) is 11.3 Å². The molecule has 1 N–H and O–H groups in total. The maximum Gasteiger partial charge on any atom is 0.270 e. The highest BCUT2D eigenvalue weighted by Crippen LogP contribution is 2.20. The lowest BCUT2D eigenvalue weighted by molar-refractivity contribution is 0.0935. The van der Waals surface area contributed by atoms with Crippen LogP contribution in [0.25, 0.3) is 11.1 Å². The Kier molecular flexibility index (Phi) is 4.77. The van der Waals surface area contributed by atoms with Crippen LogP contribution >= 0.6 is 0 Å². The lowest BCUT2D eigenvalue weighted by Crippen LogP contribution is -2.27. The molecule has 0 saturated heterocycles. The molecule has 0 fully saturated rings. The Morgan fingerprint density at radius 3 is 2.36 bits per heavy atom. The summed E-state index contributed by atoms with van der Waals surface area (Å²) < 4.78 is 0. The van der Waals surface area contributed by atoms with Gasteiger partial charge < -0.3 is 5.32 Å². The fourth-order valence-corrected chi connectivity index (χ4v) is 2.36. The number of amides is 1. The van der Waals surface area contributed by atoms with Gasteiger partial charge in [-0.3, -0.25) is 4.79 Å². The number of carbonyl (C=O) groups is 1. The maximum absolute atomic E-state index is 12.2. The molecule has 1 atom stereocenters. The summed E-state index contributed by atoms with van der Waals surface area (Å²) in [5.41, 5.74) is 3.63. The molecule has 6 heteroatoms. The van der Waals surface area contributed by atoms with Crippen LogP contribution in [-0.4, -0.2) is 20.9 Å². The minimum Gasteiger partial charge on any atom is -0.344 e. The van der Waals surface area contributed by atoms with Crippen LogP contribution in [0.2, 0.25) is 0 Å². The minimum absolute atomic E-state index is 0.175. The number of nitriles is 1. The monoisotopic (exact) mass is 329 g/mol. The van der Waals surface area contributed by atoms with E-state index in [2.05, 4.69) is 20.3 Å². The molecule has 6 nitrogen and oxygen atoms in total. The Hall–Kier alpha value is -3.59. The van der Waals surface area contributed by atoms with Gasteiger partial charge in [-0.05, 0) is 30.2 Å². The third-order valence-corrected chi connectivity index (χ3v) is 3.78. The molecule has 0 radical (unpaired) electrons. The molecule has 0 saturated carbocycles. The molecular weight excluding hydrogens is 314 g/mol. The molecule has 0 aliphatic heterocycles. The summed E-state index contributed by atoms with van der Waals surface area (Å²) in [7, 11) is 0. The maximum atomic E-state index is 12.2. The number of benzene rings is 1. The molecule has 0 bridgehead atoms. The number of pyridine rings is 1. The molecule has 0 spiro atoms. The average Bonchev–Trinajstić information content (AvgIpc) is 2.68. The van der Waals surface area contributed by atoms with Gasteiger partial charge in [0.25, 0.3) is 5.91 Å². The van der Waals surface area contributed by atoms with Crippen molar-refractivity contribution in [3.05, 3.63) is 78.1 Å². The van der Waals surface area contributed by atoms with Gasteiger partial charge in [0.05, 0.1) is 11.6 Å². The number of rotatable bonds is 4. The van der Waals surface area contributed by atoms with E-state index in [1.165, 1.54) is 12.5 Å². The first-order valence-electron chi connectivity index (χ1n) is 7.70. The third kappa shape index (κ3) is 3.85. The highest BCUT2D eigenvalue weighted by molar-refractivity contribution is 5.92. The molecule has 1 unspecified atom stereocenters. The minimum atomic E-state index is -0.280. The summed E-state index contributed by atoms with van der Waals surface area (Å²) in [4.78, 5) is 24.3. The molecule has 122 valence electrons. The van der Waals surface area contributed by atoms with Crippen molar-refractivity contribution in [1.29, 1.82) is 5.26 Å². The molecule has 3 rings (SSSR count). The van der Waals surface area contributed by atoms with Gasteiger partial charge in [0.2, 0.25) is 0 Å². The molecular formula is C19H15N5O. The number of hydrogen-bond acceptors (Lipinski definition) is 5. The molecule has 1 aromatic carbocycles. The van der Waals surface area contributed by atoms with Crippen molar-refractivity contribution in [1.82, 2.24) is 20.3 Å². The van der Waals surface area contributed by atoms with Crippen molar-refractivity contribution >= 4 is 5.91 Å². The van der Waals surface area contributed by atoms with Gasteiger partial charge in [-0.2, -0.15) is 5.26 Å². The standard InChI is InChI=1S/C19H15N5O/c1-13(24-19(25)18-7-2-14(8-20)9-23-18)15-3-5-16(6-4-15)17-10-21-12-22-11-17/h2-7,9-13H,1H3,(H,24,25). The van der Waals surface area contributed by atoms with E-state index in [4.69, 9.17) is 5.26 Å². The van der Waals surface area contributed by atoms with Crippen LogP contribution in [-0.2, 0) is 0 Å². The van der Waals surface area contributed by atoms with Gasteiger partial charge in [0, 0.05) is 24.2 Å². The van der Waals surface area contributed by atoms with Crippen LogP contribution in [0.1, 0.15) is 34.6 Å². The van der Waals surface area contributed by atoms with Gasteiger partial charge >= 0.3 is 0 Å². The lowest BCUT2D eigenvalue weighted by Gasteiger charge is -2.14. The van der Waals surface area contributed by atoms with Crippen molar-refractivity contribution < 1.29 is 4.79 Å². The average molecular weight is 329 g/mol. The summed E-state index contributed by atoms with van der Waals surface area (Å²) in [5.74, 6) is -0.280. The zero-order valence-corrected chi connectivity index (χ0v) is 13.5. The summed E-state index contributed by atoms with van der Waals surface area (Å²) >= 11 is 0. The van der Waals surface area contributed by atoms with E-state index in [-0.39, 0.29) is 17.6 Å². The lowest BCUT2D eigenvalue weighted by atomic mass is 10.0. The Labute approximate surface area is 145 Å². The smallest absolute Gasteiger partial charge is 0.270 e. The molecule has 2 aromatic heterocycles. The van der Waals surface area contributed by atoms with Crippen LogP contribution in [0.4, 0.5) is 0 Å². The summed E-state index contributed by atoms with van der Waals surface area (Å²) in [6.07, 6.45) is 6.39. The molecule has 0 aliphatic rings. The van der Waals surface area contributed by atoms with Gasteiger partial charge in [0.1, 0.15) is 18.1 Å². The number of aromatic nitrogens is 3. The number of nitrogens with zero attached hydrogens (tertiary/aromatic N) is 4. The highest BCUT2D eigenvalue weighted by atomic mass is 16.1. The van der Waals surface area contributed by atoms with Crippen LogP contribution < -0.4 is 5.32 Å². The number of carbonyl (C=O) groups excluding carboxylic acids is 1. The van der Waals surface area contributed by atoms with E-state index >= 15 is 0 Å². The largest absolute Gasteiger partial charge is 0.344 e.